The fourth-order valence-corrected chi connectivity index (χ4v) is 1.75. The van der Waals surface area contributed by atoms with Gasteiger partial charge in [-0.15, -0.1) is 0 Å². The van der Waals surface area contributed by atoms with E-state index in [1.165, 1.54) is 0 Å². The maximum Gasteiger partial charge on any atom is 0.118 e. The van der Waals surface area contributed by atoms with E-state index in [2.05, 4.69) is 22.1 Å². The molecule has 4 heteroatoms. The van der Waals surface area contributed by atoms with E-state index in [1.54, 1.807) is 7.11 Å². The van der Waals surface area contributed by atoms with Crippen molar-refractivity contribution >= 4 is 6.21 Å². The summed E-state index contributed by atoms with van der Waals surface area (Å²) in [4.78, 5) is 2.32. The van der Waals surface area contributed by atoms with Crippen molar-refractivity contribution in [1.82, 2.24) is 9.91 Å². The Morgan fingerprint density at radius 2 is 1.76 bits per heavy atom. The smallest absolute Gasteiger partial charge is 0.118 e. The molecule has 1 aromatic carbocycles. The molecule has 0 bridgehead atoms. The Bertz CT molecular complexity index is 367. The van der Waals surface area contributed by atoms with Gasteiger partial charge < -0.3 is 9.64 Å². The van der Waals surface area contributed by atoms with Crippen LogP contribution in [0.1, 0.15) is 5.56 Å². The SMILES string of the molecule is COc1ccc(C=NN2CCN(C)CC2)cc1. The van der Waals surface area contributed by atoms with Crippen molar-refractivity contribution < 1.29 is 4.74 Å². The highest BCUT2D eigenvalue weighted by Crippen LogP contribution is 2.10. The minimum Gasteiger partial charge on any atom is -0.497 e. The number of piperazine rings is 1. The summed E-state index contributed by atoms with van der Waals surface area (Å²) in [5, 5.41) is 6.60. The van der Waals surface area contributed by atoms with Crippen molar-refractivity contribution in [2.24, 2.45) is 5.10 Å². The number of hydrogen-bond donors (Lipinski definition) is 0. The minimum atomic E-state index is 0.877. The van der Waals surface area contributed by atoms with Gasteiger partial charge >= 0.3 is 0 Å². The molecule has 0 atom stereocenters. The molecule has 0 aliphatic carbocycles. The lowest BCUT2D eigenvalue weighted by Crippen LogP contribution is -2.41. The first kappa shape index (κ1) is 11.9. The van der Waals surface area contributed by atoms with Crippen LogP contribution in [-0.4, -0.2) is 56.5 Å². The van der Waals surface area contributed by atoms with Crippen LogP contribution in [0.15, 0.2) is 29.4 Å². The molecule has 1 heterocycles. The second-order valence-corrected chi connectivity index (χ2v) is 4.27. The normalized spacial score (nSPS) is 17.6. The summed E-state index contributed by atoms with van der Waals surface area (Å²) in [7, 11) is 3.82. The number of nitrogens with zero attached hydrogens (tertiary/aromatic N) is 3. The molecule has 1 saturated heterocycles. The first-order chi connectivity index (χ1) is 8.28. The fraction of sp³-hybridized carbons (Fsp3) is 0.462. The van der Waals surface area contributed by atoms with Crippen molar-refractivity contribution in [3.05, 3.63) is 29.8 Å². The van der Waals surface area contributed by atoms with Crippen molar-refractivity contribution in [2.45, 2.75) is 0 Å². The summed E-state index contributed by atoms with van der Waals surface area (Å²) in [6.07, 6.45) is 1.91. The molecule has 1 fully saturated rings. The molecule has 1 aliphatic heterocycles. The molecule has 0 aromatic heterocycles. The van der Waals surface area contributed by atoms with Crippen LogP contribution in [0.5, 0.6) is 5.75 Å². The van der Waals surface area contributed by atoms with Crippen LogP contribution in [0.2, 0.25) is 0 Å². The van der Waals surface area contributed by atoms with Crippen molar-refractivity contribution in [2.75, 3.05) is 40.3 Å². The van der Waals surface area contributed by atoms with E-state index in [-0.39, 0.29) is 0 Å². The third-order valence-corrected chi connectivity index (χ3v) is 2.97. The van der Waals surface area contributed by atoms with E-state index < -0.39 is 0 Å². The molecule has 2 rings (SSSR count). The molecule has 0 spiro atoms. The average molecular weight is 233 g/mol. The predicted octanol–water partition coefficient (Wildman–Crippen LogP) is 1.28. The summed E-state index contributed by atoms with van der Waals surface area (Å²) in [6.45, 7) is 4.17. The Kier molecular flexibility index (Phi) is 3.98. The Labute approximate surface area is 102 Å². The maximum atomic E-state index is 5.12. The number of rotatable bonds is 3. The number of likely N-dealkylation sites (N-methyl/N-ethyl adjacent to an activating group) is 1. The van der Waals surface area contributed by atoms with E-state index in [0.29, 0.717) is 0 Å². The predicted molar refractivity (Wildman–Crippen MR) is 69.7 cm³/mol. The lowest BCUT2D eigenvalue weighted by molar-refractivity contribution is 0.159. The van der Waals surface area contributed by atoms with Crippen LogP contribution in [0.4, 0.5) is 0 Å². The number of hydrogen-bond acceptors (Lipinski definition) is 4. The lowest BCUT2D eigenvalue weighted by atomic mass is 10.2. The second kappa shape index (κ2) is 5.68. The first-order valence-electron chi connectivity index (χ1n) is 5.89. The van der Waals surface area contributed by atoms with E-state index >= 15 is 0 Å². The zero-order valence-electron chi connectivity index (χ0n) is 10.5. The van der Waals surface area contributed by atoms with Crippen LogP contribution in [0, 0.1) is 0 Å². The van der Waals surface area contributed by atoms with Crippen LogP contribution >= 0.6 is 0 Å². The third kappa shape index (κ3) is 3.46. The van der Waals surface area contributed by atoms with Gasteiger partial charge in [-0.2, -0.15) is 5.10 Å². The summed E-state index contributed by atoms with van der Waals surface area (Å²) in [6, 6.07) is 7.92. The molecule has 0 N–H and O–H groups in total. The van der Waals surface area contributed by atoms with Gasteiger partial charge in [0.1, 0.15) is 5.75 Å². The molecule has 0 saturated carbocycles. The molecule has 0 unspecified atom stereocenters. The highest BCUT2D eigenvalue weighted by molar-refractivity contribution is 5.79. The van der Waals surface area contributed by atoms with Crippen LogP contribution in [0.25, 0.3) is 0 Å². The van der Waals surface area contributed by atoms with Crippen molar-refractivity contribution in [3.63, 3.8) is 0 Å². The standard InChI is InChI=1S/C13H19N3O/c1-15-7-9-16(10-8-15)14-11-12-3-5-13(17-2)6-4-12/h3-6,11H,7-10H2,1-2H3. The average Bonchev–Trinajstić information content (AvgIpc) is 2.39. The van der Waals surface area contributed by atoms with Gasteiger partial charge in [0.15, 0.2) is 0 Å². The Morgan fingerprint density at radius 1 is 1.12 bits per heavy atom. The zero-order chi connectivity index (χ0) is 12.1. The monoisotopic (exact) mass is 233 g/mol. The number of methoxy groups -OCH3 is 1. The lowest BCUT2D eigenvalue weighted by Gasteiger charge is -2.30. The Morgan fingerprint density at radius 3 is 2.35 bits per heavy atom. The van der Waals surface area contributed by atoms with E-state index in [9.17, 15) is 0 Å². The third-order valence-electron chi connectivity index (χ3n) is 2.97. The van der Waals surface area contributed by atoms with Gasteiger partial charge in [0.2, 0.25) is 0 Å². The van der Waals surface area contributed by atoms with Crippen molar-refractivity contribution in [1.29, 1.82) is 0 Å². The van der Waals surface area contributed by atoms with Gasteiger partial charge in [-0.25, -0.2) is 0 Å². The molecular weight excluding hydrogens is 214 g/mol. The Balaban J connectivity index is 1.90. The summed E-state index contributed by atoms with van der Waals surface area (Å²) in [5.74, 6) is 0.877. The largest absolute Gasteiger partial charge is 0.497 e. The molecule has 1 aliphatic rings. The first-order valence-corrected chi connectivity index (χ1v) is 5.89. The summed E-state index contributed by atoms with van der Waals surface area (Å²) < 4.78 is 5.12. The number of benzene rings is 1. The quantitative estimate of drug-likeness (QED) is 0.736. The molecule has 1 aromatic rings. The second-order valence-electron chi connectivity index (χ2n) is 4.27. The van der Waals surface area contributed by atoms with Crippen molar-refractivity contribution in [3.8, 4) is 5.75 Å². The highest BCUT2D eigenvalue weighted by Gasteiger charge is 2.10. The molecule has 17 heavy (non-hydrogen) atoms. The Hall–Kier alpha value is -1.55. The maximum absolute atomic E-state index is 5.12. The summed E-state index contributed by atoms with van der Waals surface area (Å²) in [5.41, 5.74) is 1.10. The number of hydrazone groups is 1. The molecule has 0 amide bonds. The minimum absolute atomic E-state index is 0.877. The van der Waals surface area contributed by atoms with Gasteiger partial charge in [0, 0.05) is 26.2 Å². The van der Waals surface area contributed by atoms with Gasteiger partial charge in [-0.1, -0.05) is 0 Å². The summed E-state index contributed by atoms with van der Waals surface area (Å²) >= 11 is 0. The van der Waals surface area contributed by atoms with Gasteiger partial charge in [-0.3, -0.25) is 5.01 Å². The van der Waals surface area contributed by atoms with Crippen LogP contribution in [-0.2, 0) is 0 Å². The van der Waals surface area contributed by atoms with Gasteiger partial charge in [0.25, 0.3) is 0 Å². The molecule has 4 nitrogen and oxygen atoms in total. The topological polar surface area (TPSA) is 28.1 Å². The van der Waals surface area contributed by atoms with E-state index in [0.717, 1.165) is 37.5 Å². The zero-order valence-corrected chi connectivity index (χ0v) is 10.5. The molecular formula is C13H19N3O. The van der Waals surface area contributed by atoms with E-state index in [1.807, 2.05) is 30.5 Å². The fourth-order valence-electron chi connectivity index (χ4n) is 1.75. The molecule has 92 valence electrons. The van der Waals surface area contributed by atoms with Crippen LogP contribution < -0.4 is 4.74 Å². The number of ether oxygens (including phenoxy) is 1. The van der Waals surface area contributed by atoms with Gasteiger partial charge in [0.05, 0.1) is 13.3 Å². The van der Waals surface area contributed by atoms with Crippen LogP contribution in [0.3, 0.4) is 0 Å². The van der Waals surface area contributed by atoms with E-state index in [4.69, 9.17) is 4.74 Å². The van der Waals surface area contributed by atoms with Gasteiger partial charge in [-0.05, 0) is 36.9 Å². The molecule has 0 radical (unpaired) electrons. The highest BCUT2D eigenvalue weighted by atomic mass is 16.5.